The topological polar surface area (TPSA) is 105 Å². The number of rotatable bonds is 6. The van der Waals surface area contributed by atoms with Gasteiger partial charge < -0.3 is 25.8 Å². The number of ether oxygens (including phenoxy) is 1. The molecule has 1 saturated heterocycles. The molecule has 7 nitrogen and oxygen atoms in total. The van der Waals surface area contributed by atoms with Gasteiger partial charge in [-0.1, -0.05) is 0 Å². The Morgan fingerprint density at radius 3 is 2.61 bits per heavy atom. The first-order valence-electron chi connectivity index (χ1n) is 6.19. The van der Waals surface area contributed by atoms with Crippen LogP contribution in [-0.2, 0) is 9.53 Å². The molecule has 0 aromatic heterocycles. The number of amides is 2. The van der Waals surface area contributed by atoms with Gasteiger partial charge in [0.05, 0.1) is 19.1 Å². The van der Waals surface area contributed by atoms with Crippen molar-refractivity contribution in [2.75, 3.05) is 32.8 Å². The number of carbonyl (C=O) groups excluding carboxylic acids is 1. The predicted molar refractivity (Wildman–Crippen MR) is 65.3 cm³/mol. The van der Waals surface area contributed by atoms with Crippen LogP contribution in [0.4, 0.5) is 4.79 Å². The van der Waals surface area contributed by atoms with Crippen molar-refractivity contribution in [3.8, 4) is 0 Å². The number of hydrogen-bond acceptors (Lipinski definition) is 4. The number of carboxylic acid groups (broad SMARTS) is 1. The molecule has 0 aliphatic carbocycles. The van der Waals surface area contributed by atoms with Crippen LogP contribution in [0, 0.1) is 0 Å². The second-order valence-corrected chi connectivity index (χ2v) is 4.22. The van der Waals surface area contributed by atoms with Crippen molar-refractivity contribution >= 4 is 12.0 Å². The molecule has 1 fully saturated rings. The van der Waals surface area contributed by atoms with E-state index in [-0.39, 0.29) is 25.2 Å². The third-order valence-electron chi connectivity index (χ3n) is 2.82. The number of urea groups is 1. The Hall–Kier alpha value is -1.34. The standard InChI is InChI=1S/C11H21N3O4/c12-4-5-13-11(17)14-6-1-9(2-7-14)18-8-3-10(15)16/h9H,1-8,12H2,(H,13,17)(H,15,16). The van der Waals surface area contributed by atoms with E-state index in [2.05, 4.69) is 5.32 Å². The molecule has 0 aromatic carbocycles. The molecule has 4 N–H and O–H groups in total. The van der Waals surface area contributed by atoms with Crippen molar-refractivity contribution in [1.82, 2.24) is 10.2 Å². The Balaban J connectivity index is 2.16. The summed E-state index contributed by atoms with van der Waals surface area (Å²) in [6.07, 6.45) is 1.57. The molecule has 0 radical (unpaired) electrons. The zero-order valence-electron chi connectivity index (χ0n) is 10.4. The monoisotopic (exact) mass is 259 g/mol. The fourth-order valence-corrected chi connectivity index (χ4v) is 1.83. The van der Waals surface area contributed by atoms with Crippen LogP contribution in [0.2, 0.25) is 0 Å². The van der Waals surface area contributed by atoms with E-state index in [0.29, 0.717) is 26.2 Å². The lowest BCUT2D eigenvalue weighted by Gasteiger charge is -2.31. The minimum atomic E-state index is -0.853. The first kappa shape index (κ1) is 14.7. The molecule has 0 unspecified atom stereocenters. The average Bonchev–Trinajstić information content (AvgIpc) is 2.36. The summed E-state index contributed by atoms with van der Waals surface area (Å²) in [7, 11) is 0. The lowest BCUT2D eigenvalue weighted by atomic mass is 10.1. The lowest BCUT2D eigenvalue weighted by molar-refractivity contribution is -0.138. The molecule has 0 atom stereocenters. The van der Waals surface area contributed by atoms with Crippen LogP contribution >= 0.6 is 0 Å². The van der Waals surface area contributed by atoms with Crippen molar-refractivity contribution in [2.45, 2.75) is 25.4 Å². The molecule has 0 spiro atoms. The highest BCUT2D eigenvalue weighted by atomic mass is 16.5. The summed E-state index contributed by atoms with van der Waals surface area (Å²) in [6.45, 7) is 2.41. The van der Waals surface area contributed by atoms with Gasteiger partial charge in [0, 0.05) is 26.2 Å². The highest BCUT2D eigenvalue weighted by Crippen LogP contribution is 2.13. The second-order valence-electron chi connectivity index (χ2n) is 4.22. The molecule has 1 heterocycles. The molecule has 7 heteroatoms. The summed E-state index contributed by atoms with van der Waals surface area (Å²) in [6, 6.07) is -0.0931. The van der Waals surface area contributed by atoms with Crippen LogP contribution in [0.5, 0.6) is 0 Å². The van der Waals surface area contributed by atoms with Gasteiger partial charge in [0.15, 0.2) is 0 Å². The average molecular weight is 259 g/mol. The molecule has 1 aliphatic heterocycles. The van der Waals surface area contributed by atoms with Gasteiger partial charge in [0.2, 0.25) is 0 Å². The minimum Gasteiger partial charge on any atom is -0.481 e. The Morgan fingerprint density at radius 2 is 2.06 bits per heavy atom. The zero-order valence-corrected chi connectivity index (χ0v) is 10.4. The first-order valence-corrected chi connectivity index (χ1v) is 6.19. The number of carbonyl (C=O) groups is 2. The molecule has 18 heavy (non-hydrogen) atoms. The summed E-state index contributed by atoms with van der Waals surface area (Å²) >= 11 is 0. The number of nitrogens with two attached hydrogens (primary N) is 1. The molecule has 1 rings (SSSR count). The molecule has 1 aliphatic rings. The third kappa shape index (κ3) is 5.33. The molecular weight excluding hydrogens is 238 g/mol. The van der Waals surface area contributed by atoms with Crippen LogP contribution in [0.3, 0.4) is 0 Å². The Labute approximate surface area is 106 Å². The smallest absolute Gasteiger partial charge is 0.317 e. The van der Waals surface area contributed by atoms with Crippen LogP contribution in [-0.4, -0.2) is 60.9 Å². The SMILES string of the molecule is NCCNC(=O)N1CCC(OCCC(=O)O)CC1. The maximum absolute atomic E-state index is 11.6. The van der Waals surface area contributed by atoms with Crippen LogP contribution in [0.15, 0.2) is 0 Å². The molecular formula is C11H21N3O4. The summed E-state index contributed by atoms with van der Waals surface area (Å²) in [5, 5.41) is 11.2. The summed E-state index contributed by atoms with van der Waals surface area (Å²) < 4.78 is 5.44. The van der Waals surface area contributed by atoms with Gasteiger partial charge in [0.1, 0.15) is 0 Å². The molecule has 0 aromatic rings. The summed E-state index contributed by atoms with van der Waals surface area (Å²) in [5.41, 5.74) is 5.31. The van der Waals surface area contributed by atoms with E-state index in [9.17, 15) is 9.59 Å². The largest absolute Gasteiger partial charge is 0.481 e. The zero-order chi connectivity index (χ0) is 13.4. The third-order valence-corrected chi connectivity index (χ3v) is 2.82. The fraction of sp³-hybridized carbons (Fsp3) is 0.818. The van der Waals surface area contributed by atoms with Gasteiger partial charge >= 0.3 is 12.0 Å². The van der Waals surface area contributed by atoms with Gasteiger partial charge in [-0.3, -0.25) is 4.79 Å². The predicted octanol–water partition coefficient (Wildman–Crippen LogP) is -0.390. The highest BCUT2D eigenvalue weighted by Gasteiger charge is 2.22. The van der Waals surface area contributed by atoms with Gasteiger partial charge in [-0.25, -0.2) is 4.79 Å². The molecule has 2 amide bonds. The number of nitrogens with one attached hydrogen (secondary N) is 1. The van der Waals surface area contributed by atoms with Crippen LogP contribution in [0.25, 0.3) is 0 Å². The number of aliphatic carboxylic acids is 1. The van der Waals surface area contributed by atoms with E-state index in [1.165, 1.54) is 0 Å². The van der Waals surface area contributed by atoms with E-state index in [1.807, 2.05) is 0 Å². The van der Waals surface area contributed by atoms with Crippen LogP contribution < -0.4 is 11.1 Å². The van der Waals surface area contributed by atoms with E-state index >= 15 is 0 Å². The normalized spacial score (nSPS) is 16.6. The van der Waals surface area contributed by atoms with E-state index < -0.39 is 5.97 Å². The number of likely N-dealkylation sites (tertiary alicyclic amines) is 1. The summed E-state index contributed by atoms with van der Waals surface area (Å²) in [5.74, 6) is -0.853. The Bertz CT molecular complexity index is 277. The highest BCUT2D eigenvalue weighted by molar-refractivity contribution is 5.74. The van der Waals surface area contributed by atoms with Crippen molar-refractivity contribution < 1.29 is 19.4 Å². The lowest BCUT2D eigenvalue weighted by Crippen LogP contribution is -2.47. The van der Waals surface area contributed by atoms with E-state index in [0.717, 1.165) is 12.8 Å². The van der Waals surface area contributed by atoms with Crippen LogP contribution in [0.1, 0.15) is 19.3 Å². The van der Waals surface area contributed by atoms with Gasteiger partial charge in [-0.15, -0.1) is 0 Å². The molecule has 104 valence electrons. The second kappa shape index (κ2) is 7.88. The van der Waals surface area contributed by atoms with E-state index in [1.54, 1.807) is 4.90 Å². The van der Waals surface area contributed by atoms with Crippen molar-refractivity contribution in [1.29, 1.82) is 0 Å². The van der Waals surface area contributed by atoms with E-state index in [4.69, 9.17) is 15.6 Å². The fourth-order valence-electron chi connectivity index (χ4n) is 1.83. The number of carboxylic acids is 1. The molecule has 0 saturated carbocycles. The van der Waals surface area contributed by atoms with Gasteiger partial charge in [-0.05, 0) is 12.8 Å². The number of piperidine rings is 1. The maximum Gasteiger partial charge on any atom is 0.317 e. The van der Waals surface area contributed by atoms with Crippen molar-refractivity contribution in [3.05, 3.63) is 0 Å². The minimum absolute atomic E-state index is 0.0250. The first-order chi connectivity index (χ1) is 8.63. The van der Waals surface area contributed by atoms with Gasteiger partial charge in [0.25, 0.3) is 0 Å². The number of nitrogens with zero attached hydrogens (tertiary/aromatic N) is 1. The molecule has 0 bridgehead atoms. The van der Waals surface area contributed by atoms with Crippen molar-refractivity contribution in [3.63, 3.8) is 0 Å². The Morgan fingerprint density at radius 1 is 1.39 bits per heavy atom. The quantitative estimate of drug-likeness (QED) is 0.602. The summed E-state index contributed by atoms with van der Waals surface area (Å²) in [4.78, 5) is 23.7. The van der Waals surface area contributed by atoms with Gasteiger partial charge in [-0.2, -0.15) is 0 Å². The number of hydrogen-bond donors (Lipinski definition) is 3. The maximum atomic E-state index is 11.6. The van der Waals surface area contributed by atoms with Crippen molar-refractivity contribution in [2.24, 2.45) is 5.73 Å². The Kier molecular flexibility index (Phi) is 6.45.